The fourth-order valence-electron chi connectivity index (χ4n) is 3.37. The van der Waals surface area contributed by atoms with Crippen molar-refractivity contribution in [2.75, 3.05) is 11.4 Å². The summed E-state index contributed by atoms with van der Waals surface area (Å²) in [5.41, 5.74) is 1.04. The second-order valence-corrected chi connectivity index (χ2v) is 6.56. The van der Waals surface area contributed by atoms with Crippen molar-refractivity contribution in [2.45, 2.75) is 51.6 Å². The van der Waals surface area contributed by atoms with E-state index in [1.807, 2.05) is 0 Å². The number of halogens is 1. The van der Waals surface area contributed by atoms with Gasteiger partial charge in [0.25, 0.3) is 0 Å². The fourth-order valence-corrected chi connectivity index (χ4v) is 3.37. The predicted molar refractivity (Wildman–Crippen MR) is 84.6 cm³/mol. The van der Waals surface area contributed by atoms with E-state index in [-0.39, 0.29) is 36.6 Å². The molecule has 5 heteroatoms. The lowest BCUT2D eigenvalue weighted by atomic mass is 9.97. The molecule has 23 heavy (non-hydrogen) atoms. The van der Waals surface area contributed by atoms with Crippen LogP contribution in [0, 0.1) is 18.7 Å². The molecular weight excluding hydrogens is 297 g/mol. The number of esters is 1. The first kappa shape index (κ1) is 16.0. The summed E-state index contributed by atoms with van der Waals surface area (Å²) in [5, 5.41) is 0. The van der Waals surface area contributed by atoms with Crippen LogP contribution < -0.4 is 4.90 Å². The van der Waals surface area contributed by atoms with Gasteiger partial charge in [0, 0.05) is 13.0 Å². The van der Waals surface area contributed by atoms with Gasteiger partial charge in [-0.1, -0.05) is 12.5 Å². The van der Waals surface area contributed by atoms with Gasteiger partial charge in [0.2, 0.25) is 5.91 Å². The van der Waals surface area contributed by atoms with Gasteiger partial charge in [-0.2, -0.15) is 0 Å². The van der Waals surface area contributed by atoms with Gasteiger partial charge in [-0.05, 0) is 50.3 Å². The van der Waals surface area contributed by atoms with Crippen molar-refractivity contribution < 1.29 is 18.7 Å². The predicted octanol–water partition coefficient (Wildman–Crippen LogP) is 3.36. The molecule has 1 unspecified atom stereocenters. The third-order valence-corrected chi connectivity index (χ3v) is 4.69. The van der Waals surface area contributed by atoms with Crippen molar-refractivity contribution >= 4 is 17.6 Å². The van der Waals surface area contributed by atoms with Gasteiger partial charge in [-0.25, -0.2) is 4.39 Å². The fraction of sp³-hybridized carbons (Fsp3) is 0.556. The van der Waals surface area contributed by atoms with E-state index in [1.165, 1.54) is 17.4 Å². The second kappa shape index (κ2) is 6.69. The second-order valence-electron chi connectivity index (χ2n) is 6.56. The Kier molecular flexibility index (Phi) is 4.64. The standard InChI is InChI=1S/C18H22FNO3/c1-12-7-8-16(15(19)9-12)20-11-13(10-17(20)21)18(22)23-14-5-3-2-4-6-14/h7-9,13-14H,2-6,10-11H2,1H3. The molecule has 124 valence electrons. The van der Waals surface area contributed by atoms with E-state index in [1.54, 1.807) is 19.1 Å². The van der Waals surface area contributed by atoms with Gasteiger partial charge in [0.1, 0.15) is 11.9 Å². The maximum Gasteiger partial charge on any atom is 0.311 e. The smallest absolute Gasteiger partial charge is 0.311 e. The van der Waals surface area contributed by atoms with Crippen LogP contribution in [0.4, 0.5) is 10.1 Å². The molecule has 1 aromatic carbocycles. The number of carbonyl (C=O) groups excluding carboxylic acids is 2. The summed E-state index contributed by atoms with van der Waals surface area (Å²) in [7, 11) is 0. The highest BCUT2D eigenvalue weighted by Crippen LogP contribution is 2.29. The van der Waals surface area contributed by atoms with Crippen molar-refractivity contribution in [1.29, 1.82) is 0 Å². The summed E-state index contributed by atoms with van der Waals surface area (Å²) in [4.78, 5) is 25.8. The molecule has 0 N–H and O–H groups in total. The molecule has 1 aliphatic carbocycles. The van der Waals surface area contributed by atoms with Gasteiger partial charge in [0.15, 0.2) is 0 Å². The summed E-state index contributed by atoms with van der Waals surface area (Å²) in [6, 6.07) is 4.76. The average molecular weight is 319 g/mol. The lowest BCUT2D eigenvalue weighted by Crippen LogP contribution is -2.29. The van der Waals surface area contributed by atoms with Crippen molar-refractivity contribution in [1.82, 2.24) is 0 Å². The molecule has 1 aromatic rings. The summed E-state index contributed by atoms with van der Waals surface area (Å²) in [5.74, 6) is -1.47. The van der Waals surface area contributed by atoms with Crippen LogP contribution in [0.25, 0.3) is 0 Å². The molecule has 0 spiro atoms. The van der Waals surface area contributed by atoms with Gasteiger partial charge < -0.3 is 9.64 Å². The molecule has 0 bridgehead atoms. The third-order valence-electron chi connectivity index (χ3n) is 4.69. The number of carbonyl (C=O) groups is 2. The first-order chi connectivity index (χ1) is 11.0. The molecular formula is C18H22FNO3. The average Bonchev–Trinajstić information content (AvgIpc) is 2.90. The molecule has 1 atom stereocenters. The van der Waals surface area contributed by atoms with Crippen molar-refractivity contribution in [3.63, 3.8) is 0 Å². The van der Waals surface area contributed by atoms with Crippen molar-refractivity contribution in [3.8, 4) is 0 Å². The van der Waals surface area contributed by atoms with Gasteiger partial charge in [-0.3, -0.25) is 9.59 Å². The number of nitrogens with zero attached hydrogens (tertiary/aromatic N) is 1. The number of hydrogen-bond donors (Lipinski definition) is 0. The Morgan fingerprint density at radius 1 is 1.26 bits per heavy atom. The highest BCUT2D eigenvalue weighted by atomic mass is 19.1. The molecule has 2 aliphatic rings. The van der Waals surface area contributed by atoms with E-state index in [0.29, 0.717) is 0 Å². The van der Waals surface area contributed by atoms with Crippen LogP contribution in [0.5, 0.6) is 0 Å². The van der Waals surface area contributed by atoms with Gasteiger partial charge in [0.05, 0.1) is 11.6 Å². The number of aryl methyl sites for hydroxylation is 1. The molecule has 0 aromatic heterocycles. The van der Waals surface area contributed by atoms with Crippen LogP contribution in [0.2, 0.25) is 0 Å². The van der Waals surface area contributed by atoms with E-state index in [0.717, 1.165) is 31.2 Å². The van der Waals surface area contributed by atoms with Gasteiger partial charge >= 0.3 is 5.97 Å². The number of hydrogen-bond acceptors (Lipinski definition) is 3. The zero-order chi connectivity index (χ0) is 16.4. The Balaban J connectivity index is 1.65. The number of anilines is 1. The molecule has 1 saturated carbocycles. The van der Waals surface area contributed by atoms with Crippen LogP contribution >= 0.6 is 0 Å². The third kappa shape index (κ3) is 3.54. The summed E-state index contributed by atoms with van der Waals surface area (Å²) in [6.45, 7) is 1.99. The first-order valence-corrected chi connectivity index (χ1v) is 8.31. The van der Waals surface area contributed by atoms with Crippen LogP contribution in [-0.2, 0) is 14.3 Å². The van der Waals surface area contributed by atoms with Crippen LogP contribution in [-0.4, -0.2) is 24.5 Å². The number of ether oxygens (including phenoxy) is 1. The lowest BCUT2D eigenvalue weighted by Gasteiger charge is -2.23. The van der Waals surface area contributed by atoms with Crippen molar-refractivity contribution in [2.24, 2.45) is 5.92 Å². The zero-order valence-electron chi connectivity index (χ0n) is 13.4. The SMILES string of the molecule is Cc1ccc(N2CC(C(=O)OC3CCCCC3)CC2=O)c(F)c1. The molecule has 3 rings (SSSR count). The van der Waals surface area contributed by atoms with E-state index >= 15 is 0 Å². The monoisotopic (exact) mass is 319 g/mol. The highest BCUT2D eigenvalue weighted by Gasteiger charge is 2.38. The minimum absolute atomic E-state index is 0.0171. The van der Waals surface area contributed by atoms with Gasteiger partial charge in [-0.15, -0.1) is 0 Å². The molecule has 0 radical (unpaired) electrons. The van der Waals surface area contributed by atoms with E-state index in [2.05, 4.69) is 0 Å². The van der Waals surface area contributed by atoms with E-state index in [9.17, 15) is 14.0 Å². The number of benzene rings is 1. The maximum atomic E-state index is 14.1. The lowest BCUT2D eigenvalue weighted by molar-refractivity contribution is -0.155. The first-order valence-electron chi connectivity index (χ1n) is 8.31. The normalized spacial score (nSPS) is 22.4. The Hall–Kier alpha value is -1.91. The Morgan fingerprint density at radius 2 is 2.00 bits per heavy atom. The summed E-state index contributed by atoms with van der Waals surface area (Å²) >= 11 is 0. The van der Waals surface area contributed by atoms with Crippen molar-refractivity contribution in [3.05, 3.63) is 29.6 Å². The Morgan fingerprint density at radius 3 is 2.70 bits per heavy atom. The molecule has 1 saturated heterocycles. The minimum atomic E-state index is -0.495. The van der Waals surface area contributed by atoms with Crippen LogP contribution in [0.15, 0.2) is 18.2 Å². The van der Waals surface area contributed by atoms with Crippen LogP contribution in [0.1, 0.15) is 44.1 Å². The number of amides is 1. The highest BCUT2D eigenvalue weighted by molar-refractivity contribution is 5.99. The number of rotatable bonds is 3. The molecule has 1 aliphatic heterocycles. The molecule has 1 amide bonds. The van der Waals surface area contributed by atoms with Crippen LogP contribution in [0.3, 0.4) is 0 Å². The van der Waals surface area contributed by atoms with E-state index < -0.39 is 11.7 Å². The largest absolute Gasteiger partial charge is 0.462 e. The summed E-state index contributed by atoms with van der Waals surface area (Å²) in [6.07, 6.45) is 5.25. The topological polar surface area (TPSA) is 46.6 Å². The Bertz CT molecular complexity index is 610. The van der Waals surface area contributed by atoms with E-state index in [4.69, 9.17) is 4.74 Å². The molecule has 1 heterocycles. The molecule has 4 nitrogen and oxygen atoms in total. The maximum absolute atomic E-state index is 14.1. The Labute approximate surface area is 135 Å². The summed E-state index contributed by atoms with van der Waals surface area (Å²) < 4.78 is 19.6. The minimum Gasteiger partial charge on any atom is -0.462 e. The molecule has 2 fully saturated rings. The quantitative estimate of drug-likeness (QED) is 0.803. The zero-order valence-corrected chi connectivity index (χ0v) is 13.4.